The van der Waals surface area contributed by atoms with Crippen LogP contribution in [0.25, 0.3) is 0 Å². The first-order chi connectivity index (χ1) is 13.4. The molecule has 0 aliphatic heterocycles. The highest BCUT2D eigenvalue weighted by atomic mass is 35.5. The molecule has 0 saturated carbocycles. The van der Waals surface area contributed by atoms with Gasteiger partial charge in [-0.25, -0.2) is 0 Å². The highest BCUT2D eigenvalue weighted by Gasteiger charge is 2.11. The first kappa shape index (κ1) is 19.7. The van der Waals surface area contributed by atoms with E-state index >= 15 is 0 Å². The number of nitrogens with zero attached hydrogens (tertiary/aromatic N) is 1. The minimum absolute atomic E-state index is 0.222. The van der Waals surface area contributed by atoms with Crippen molar-refractivity contribution in [1.82, 2.24) is 15.4 Å². The number of hydrazine groups is 1. The fraction of sp³-hybridized carbons (Fsp3) is 0.0500. The Morgan fingerprint density at radius 3 is 2.18 bits per heavy atom. The average molecular weight is 416 g/mol. The molecular formula is C20H15Cl2N3O3. The van der Waals surface area contributed by atoms with E-state index in [4.69, 9.17) is 23.2 Å². The fourth-order valence-electron chi connectivity index (χ4n) is 2.46. The molecular weight excluding hydrogens is 401 g/mol. The molecule has 0 radical (unpaired) electrons. The van der Waals surface area contributed by atoms with Crippen LogP contribution in [0.15, 0.2) is 71.7 Å². The van der Waals surface area contributed by atoms with E-state index in [9.17, 15) is 14.4 Å². The lowest BCUT2D eigenvalue weighted by Gasteiger charge is -2.10. The van der Waals surface area contributed by atoms with Crippen molar-refractivity contribution in [3.05, 3.63) is 104 Å². The number of aromatic nitrogens is 1. The number of nitrogens with one attached hydrogen (secondary N) is 2. The van der Waals surface area contributed by atoms with Gasteiger partial charge < -0.3 is 4.57 Å². The summed E-state index contributed by atoms with van der Waals surface area (Å²) in [5, 5.41) is 1.01. The first-order valence-electron chi connectivity index (χ1n) is 8.23. The van der Waals surface area contributed by atoms with Crippen molar-refractivity contribution in [2.75, 3.05) is 0 Å². The zero-order valence-corrected chi connectivity index (χ0v) is 16.0. The number of pyridine rings is 1. The summed E-state index contributed by atoms with van der Waals surface area (Å²) >= 11 is 11.7. The minimum Gasteiger partial charge on any atom is -0.310 e. The van der Waals surface area contributed by atoms with Crippen molar-refractivity contribution in [1.29, 1.82) is 0 Å². The summed E-state index contributed by atoms with van der Waals surface area (Å²) in [4.78, 5) is 36.5. The normalized spacial score (nSPS) is 10.4. The molecule has 0 saturated heterocycles. The summed E-state index contributed by atoms with van der Waals surface area (Å²) in [6.45, 7) is 0.284. The number of benzene rings is 2. The van der Waals surface area contributed by atoms with E-state index in [-0.39, 0.29) is 17.7 Å². The maximum absolute atomic E-state index is 12.3. The molecule has 0 spiro atoms. The van der Waals surface area contributed by atoms with E-state index in [0.717, 1.165) is 5.56 Å². The van der Waals surface area contributed by atoms with Gasteiger partial charge in [-0.3, -0.25) is 25.2 Å². The molecule has 1 heterocycles. The van der Waals surface area contributed by atoms with Crippen molar-refractivity contribution in [3.8, 4) is 0 Å². The SMILES string of the molecule is O=C(NNC(=O)c1ccc(=O)n(Cc2ccc(Cl)cc2)c1)c1cccc(Cl)c1. The van der Waals surface area contributed by atoms with Crippen LogP contribution in [0, 0.1) is 0 Å². The zero-order valence-electron chi connectivity index (χ0n) is 14.5. The molecule has 0 aliphatic carbocycles. The quantitative estimate of drug-likeness (QED) is 0.641. The molecule has 1 aromatic heterocycles. The monoisotopic (exact) mass is 415 g/mol. The third-order valence-electron chi connectivity index (χ3n) is 3.89. The lowest BCUT2D eigenvalue weighted by molar-refractivity contribution is 0.0846. The number of amides is 2. The van der Waals surface area contributed by atoms with Gasteiger partial charge in [-0.2, -0.15) is 0 Å². The molecule has 6 nitrogen and oxygen atoms in total. The Hall–Kier alpha value is -3.09. The van der Waals surface area contributed by atoms with Crippen molar-refractivity contribution in [2.45, 2.75) is 6.54 Å². The number of hydrogen-bond acceptors (Lipinski definition) is 3. The second-order valence-electron chi connectivity index (χ2n) is 5.93. The minimum atomic E-state index is -0.555. The third-order valence-corrected chi connectivity index (χ3v) is 4.38. The van der Waals surface area contributed by atoms with Gasteiger partial charge in [0.05, 0.1) is 12.1 Å². The standard InChI is InChI=1S/C20H15Cl2N3O3/c21-16-7-4-13(5-8-16)11-25-12-15(6-9-18(25)26)20(28)24-23-19(27)14-2-1-3-17(22)10-14/h1-10,12H,11H2,(H,23,27)(H,24,28). The van der Waals surface area contributed by atoms with Crippen LogP contribution >= 0.6 is 23.2 Å². The molecule has 0 atom stereocenters. The Kier molecular flexibility index (Phi) is 6.13. The first-order valence-corrected chi connectivity index (χ1v) is 8.99. The van der Waals surface area contributed by atoms with Crippen LogP contribution in [-0.4, -0.2) is 16.4 Å². The number of hydrogen-bond donors (Lipinski definition) is 2. The molecule has 8 heteroatoms. The summed E-state index contributed by atoms with van der Waals surface area (Å²) in [5.74, 6) is -1.06. The fourth-order valence-corrected chi connectivity index (χ4v) is 2.78. The summed E-state index contributed by atoms with van der Waals surface area (Å²) in [6.07, 6.45) is 1.43. The highest BCUT2D eigenvalue weighted by molar-refractivity contribution is 6.31. The number of rotatable bonds is 4. The van der Waals surface area contributed by atoms with Crippen LogP contribution in [0.5, 0.6) is 0 Å². The van der Waals surface area contributed by atoms with Crippen molar-refractivity contribution in [3.63, 3.8) is 0 Å². The maximum atomic E-state index is 12.3. The maximum Gasteiger partial charge on any atom is 0.271 e. The van der Waals surface area contributed by atoms with E-state index in [1.165, 1.54) is 29.0 Å². The second-order valence-corrected chi connectivity index (χ2v) is 6.80. The molecule has 2 amide bonds. The van der Waals surface area contributed by atoms with E-state index < -0.39 is 11.8 Å². The summed E-state index contributed by atoms with van der Waals surface area (Å²) in [6, 6.07) is 16.1. The lowest BCUT2D eigenvalue weighted by Crippen LogP contribution is -2.42. The van der Waals surface area contributed by atoms with Crippen LogP contribution in [0.2, 0.25) is 10.0 Å². The van der Waals surface area contributed by atoms with Gasteiger partial charge in [0.2, 0.25) is 0 Å². The largest absolute Gasteiger partial charge is 0.310 e. The van der Waals surface area contributed by atoms with Crippen LogP contribution in [-0.2, 0) is 6.54 Å². The topological polar surface area (TPSA) is 80.2 Å². The molecule has 2 aromatic carbocycles. The van der Waals surface area contributed by atoms with Crippen LogP contribution in [0.3, 0.4) is 0 Å². The third kappa shape index (κ3) is 5.00. The zero-order chi connectivity index (χ0) is 20.1. The Morgan fingerprint density at radius 2 is 1.50 bits per heavy atom. The Bertz CT molecular complexity index is 1080. The van der Waals surface area contributed by atoms with Gasteiger partial charge in [-0.15, -0.1) is 0 Å². The van der Waals surface area contributed by atoms with E-state index in [1.54, 1.807) is 42.5 Å². The van der Waals surface area contributed by atoms with E-state index in [2.05, 4.69) is 10.9 Å². The van der Waals surface area contributed by atoms with E-state index in [0.29, 0.717) is 15.6 Å². The number of carbonyl (C=O) groups is 2. The predicted molar refractivity (Wildman–Crippen MR) is 108 cm³/mol. The van der Waals surface area contributed by atoms with Crippen molar-refractivity contribution >= 4 is 35.0 Å². The Balaban J connectivity index is 1.69. The molecule has 0 aliphatic rings. The van der Waals surface area contributed by atoms with Gasteiger partial charge in [-0.05, 0) is 42.0 Å². The van der Waals surface area contributed by atoms with Gasteiger partial charge in [0.1, 0.15) is 0 Å². The lowest BCUT2D eigenvalue weighted by atomic mass is 10.2. The number of carbonyl (C=O) groups excluding carboxylic acids is 2. The highest BCUT2D eigenvalue weighted by Crippen LogP contribution is 2.11. The van der Waals surface area contributed by atoms with Crippen molar-refractivity contribution < 1.29 is 9.59 Å². The van der Waals surface area contributed by atoms with Gasteiger partial charge in [0.15, 0.2) is 0 Å². The molecule has 0 fully saturated rings. The van der Waals surface area contributed by atoms with Crippen LogP contribution in [0.1, 0.15) is 26.3 Å². The second kappa shape index (κ2) is 8.73. The Labute approximate surface area is 170 Å². The molecule has 2 N–H and O–H groups in total. The van der Waals surface area contributed by atoms with E-state index in [1.807, 2.05) is 0 Å². The molecule has 28 heavy (non-hydrogen) atoms. The average Bonchev–Trinajstić information content (AvgIpc) is 2.69. The summed E-state index contributed by atoms with van der Waals surface area (Å²) in [7, 11) is 0. The summed E-state index contributed by atoms with van der Waals surface area (Å²) in [5.41, 5.74) is 5.77. The Morgan fingerprint density at radius 1 is 0.821 bits per heavy atom. The molecule has 0 bridgehead atoms. The summed E-state index contributed by atoms with van der Waals surface area (Å²) < 4.78 is 1.40. The van der Waals surface area contributed by atoms with Crippen LogP contribution < -0.4 is 16.4 Å². The number of halogens is 2. The van der Waals surface area contributed by atoms with Crippen molar-refractivity contribution in [2.24, 2.45) is 0 Å². The van der Waals surface area contributed by atoms with Gasteiger partial charge >= 0.3 is 0 Å². The molecule has 142 valence electrons. The van der Waals surface area contributed by atoms with Gasteiger partial charge in [-0.1, -0.05) is 41.4 Å². The predicted octanol–water partition coefficient (Wildman–Crippen LogP) is 3.28. The molecule has 3 rings (SSSR count). The van der Waals surface area contributed by atoms with Gasteiger partial charge in [0, 0.05) is 27.9 Å². The van der Waals surface area contributed by atoms with Gasteiger partial charge in [0.25, 0.3) is 17.4 Å². The molecule has 3 aromatic rings. The molecule has 0 unspecified atom stereocenters. The van der Waals surface area contributed by atoms with Crippen LogP contribution in [0.4, 0.5) is 0 Å². The smallest absolute Gasteiger partial charge is 0.271 e.